The maximum Gasteiger partial charge on any atom is 0.231 e. The minimum Gasteiger partial charge on any atom is -0.490 e. The molecule has 0 unspecified atom stereocenters. The monoisotopic (exact) mass is 411 g/mol. The SMILES string of the molecule is O=C(CC[C@]1(Cc2ccc3c(c2)OCO3)CCC(=O)N1)NCCOc1cccnc1. The highest BCUT2D eigenvalue weighted by Crippen LogP contribution is 2.35. The Hall–Kier alpha value is -3.29. The summed E-state index contributed by atoms with van der Waals surface area (Å²) in [5.41, 5.74) is 0.626. The van der Waals surface area contributed by atoms with E-state index in [0.717, 1.165) is 17.1 Å². The highest BCUT2D eigenvalue weighted by atomic mass is 16.7. The third-order valence-electron chi connectivity index (χ3n) is 5.37. The van der Waals surface area contributed by atoms with Gasteiger partial charge < -0.3 is 24.8 Å². The topological polar surface area (TPSA) is 98.8 Å². The second-order valence-electron chi connectivity index (χ2n) is 7.58. The number of ether oxygens (including phenoxy) is 3. The van der Waals surface area contributed by atoms with E-state index >= 15 is 0 Å². The summed E-state index contributed by atoms with van der Waals surface area (Å²) in [6.45, 7) is 1.01. The van der Waals surface area contributed by atoms with Gasteiger partial charge in [-0.05, 0) is 49.1 Å². The third kappa shape index (κ3) is 5.00. The third-order valence-corrected chi connectivity index (χ3v) is 5.37. The first-order valence-electron chi connectivity index (χ1n) is 10.1. The van der Waals surface area contributed by atoms with E-state index in [0.29, 0.717) is 51.0 Å². The van der Waals surface area contributed by atoms with Gasteiger partial charge in [0.15, 0.2) is 11.5 Å². The lowest BCUT2D eigenvalue weighted by atomic mass is 9.85. The van der Waals surface area contributed by atoms with Gasteiger partial charge >= 0.3 is 0 Å². The molecule has 8 nitrogen and oxygen atoms in total. The smallest absolute Gasteiger partial charge is 0.231 e. The zero-order chi connectivity index (χ0) is 20.8. The molecule has 4 rings (SSSR count). The largest absolute Gasteiger partial charge is 0.490 e. The highest BCUT2D eigenvalue weighted by Gasteiger charge is 2.38. The Balaban J connectivity index is 1.27. The van der Waals surface area contributed by atoms with E-state index < -0.39 is 5.54 Å². The first-order valence-corrected chi connectivity index (χ1v) is 10.1. The molecule has 0 saturated carbocycles. The molecule has 1 aromatic heterocycles. The summed E-state index contributed by atoms with van der Waals surface area (Å²) in [5.74, 6) is 2.09. The Bertz CT molecular complexity index is 905. The van der Waals surface area contributed by atoms with Gasteiger partial charge in [-0.2, -0.15) is 0 Å². The molecule has 30 heavy (non-hydrogen) atoms. The standard InChI is InChI=1S/C22H25N3O5/c26-20(24-10-11-28-17-2-1-9-23-14-17)5-7-22(8-6-21(27)25-22)13-16-3-4-18-19(12-16)30-15-29-18/h1-4,9,12,14H,5-8,10-11,13,15H2,(H,24,26)(H,25,27)/t22-/m1/s1. The van der Waals surface area contributed by atoms with Crippen molar-refractivity contribution in [2.24, 2.45) is 0 Å². The number of fused-ring (bicyclic) bond motifs is 1. The van der Waals surface area contributed by atoms with Crippen LogP contribution in [0.15, 0.2) is 42.7 Å². The molecule has 2 aliphatic heterocycles. The molecule has 2 amide bonds. The van der Waals surface area contributed by atoms with E-state index in [4.69, 9.17) is 14.2 Å². The number of hydrogen-bond acceptors (Lipinski definition) is 6. The van der Waals surface area contributed by atoms with Crippen molar-refractivity contribution in [2.45, 2.75) is 37.6 Å². The average molecular weight is 411 g/mol. The van der Waals surface area contributed by atoms with Crippen LogP contribution in [-0.2, 0) is 16.0 Å². The fraction of sp³-hybridized carbons (Fsp3) is 0.409. The van der Waals surface area contributed by atoms with Gasteiger partial charge in [0.05, 0.1) is 12.7 Å². The van der Waals surface area contributed by atoms with Crippen molar-refractivity contribution in [3.05, 3.63) is 48.3 Å². The number of rotatable bonds is 9. The second kappa shape index (κ2) is 9.02. The predicted octanol–water partition coefficient (Wildman–Crippen LogP) is 1.98. The summed E-state index contributed by atoms with van der Waals surface area (Å²) in [4.78, 5) is 28.2. The van der Waals surface area contributed by atoms with Gasteiger partial charge in [-0.1, -0.05) is 6.07 Å². The molecule has 1 atom stereocenters. The van der Waals surface area contributed by atoms with Crippen molar-refractivity contribution in [1.29, 1.82) is 0 Å². The Morgan fingerprint density at radius 1 is 1.27 bits per heavy atom. The minimum atomic E-state index is -0.422. The van der Waals surface area contributed by atoms with Gasteiger partial charge in [-0.15, -0.1) is 0 Å². The van der Waals surface area contributed by atoms with Crippen molar-refractivity contribution < 1.29 is 23.8 Å². The fourth-order valence-corrected chi connectivity index (χ4v) is 3.86. The quantitative estimate of drug-likeness (QED) is 0.612. The Kier molecular flexibility index (Phi) is 6.02. The summed E-state index contributed by atoms with van der Waals surface area (Å²) in [6, 6.07) is 9.43. The van der Waals surface area contributed by atoms with Crippen LogP contribution in [0.2, 0.25) is 0 Å². The molecule has 1 fully saturated rings. The van der Waals surface area contributed by atoms with Crippen LogP contribution in [0, 0.1) is 0 Å². The number of carbonyl (C=O) groups is 2. The van der Waals surface area contributed by atoms with E-state index in [9.17, 15) is 9.59 Å². The van der Waals surface area contributed by atoms with Gasteiger partial charge in [0.2, 0.25) is 18.6 Å². The molecule has 0 spiro atoms. The first-order chi connectivity index (χ1) is 14.6. The lowest BCUT2D eigenvalue weighted by molar-refractivity contribution is -0.122. The van der Waals surface area contributed by atoms with Gasteiger partial charge in [0, 0.05) is 24.6 Å². The highest BCUT2D eigenvalue weighted by molar-refractivity contribution is 5.80. The molecular formula is C22H25N3O5. The van der Waals surface area contributed by atoms with Crippen molar-refractivity contribution >= 4 is 11.8 Å². The summed E-state index contributed by atoms with van der Waals surface area (Å²) in [5, 5.41) is 5.97. The van der Waals surface area contributed by atoms with Crippen molar-refractivity contribution in [1.82, 2.24) is 15.6 Å². The molecule has 0 radical (unpaired) electrons. The number of pyridine rings is 1. The number of nitrogens with zero attached hydrogens (tertiary/aromatic N) is 1. The first kappa shape index (κ1) is 20.0. The van der Waals surface area contributed by atoms with Gasteiger partial charge in [-0.3, -0.25) is 14.6 Å². The zero-order valence-electron chi connectivity index (χ0n) is 16.7. The van der Waals surface area contributed by atoms with Gasteiger partial charge in [0.1, 0.15) is 12.4 Å². The van der Waals surface area contributed by atoms with Crippen LogP contribution in [0.25, 0.3) is 0 Å². The van der Waals surface area contributed by atoms with Crippen LogP contribution < -0.4 is 24.8 Å². The summed E-state index contributed by atoms with van der Waals surface area (Å²) in [6.07, 6.45) is 6.04. The molecular weight excluding hydrogens is 386 g/mol. The Morgan fingerprint density at radius 2 is 2.17 bits per heavy atom. The lowest BCUT2D eigenvalue weighted by Crippen LogP contribution is -2.44. The van der Waals surface area contributed by atoms with Crippen molar-refractivity contribution in [2.75, 3.05) is 19.9 Å². The summed E-state index contributed by atoms with van der Waals surface area (Å²) >= 11 is 0. The van der Waals surface area contributed by atoms with E-state index in [1.807, 2.05) is 24.3 Å². The zero-order valence-corrected chi connectivity index (χ0v) is 16.7. The van der Waals surface area contributed by atoms with Gasteiger partial charge in [-0.25, -0.2) is 0 Å². The number of carbonyl (C=O) groups excluding carboxylic acids is 2. The molecule has 0 aliphatic carbocycles. The van der Waals surface area contributed by atoms with E-state index in [-0.39, 0.29) is 18.6 Å². The number of aromatic nitrogens is 1. The van der Waals surface area contributed by atoms with Crippen LogP contribution >= 0.6 is 0 Å². The van der Waals surface area contributed by atoms with E-state index in [2.05, 4.69) is 15.6 Å². The van der Waals surface area contributed by atoms with Crippen LogP contribution in [0.5, 0.6) is 17.2 Å². The molecule has 158 valence electrons. The molecule has 1 aromatic carbocycles. The maximum atomic E-state index is 12.3. The van der Waals surface area contributed by atoms with Gasteiger partial charge in [0.25, 0.3) is 0 Å². The fourth-order valence-electron chi connectivity index (χ4n) is 3.86. The normalized spacial score (nSPS) is 19.4. The Labute approximate surface area is 174 Å². The summed E-state index contributed by atoms with van der Waals surface area (Å²) in [7, 11) is 0. The maximum absolute atomic E-state index is 12.3. The molecule has 8 heteroatoms. The number of hydrogen-bond donors (Lipinski definition) is 2. The second-order valence-corrected chi connectivity index (χ2v) is 7.58. The Morgan fingerprint density at radius 3 is 2.97 bits per heavy atom. The molecule has 2 aromatic rings. The molecule has 2 aliphatic rings. The van der Waals surface area contributed by atoms with Crippen LogP contribution in [-0.4, -0.2) is 42.3 Å². The number of benzene rings is 1. The molecule has 0 bridgehead atoms. The predicted molar refractivity (Wildman–Crippen MR) is 108 cm³/mol. The lowest BCUT2D eigenvalue weighted by Gasteiger charge is -2.29. The molecule has 3 heterocycles. The van der Waals surface area contributed by atoms with Crippen LogP contribution in [0.3, 0.4) is 0 Å². The van der Waals surface area contributed by atoms with E-state index in [1.165, 1.54) is 0 Å². The minimum absolute atomic E-state index is 0.0287. The molecule has 2 N–H and O–H groups in total. The summed E-state index contributed by atoms with van der Waals surface area (Å²) < 4.78 is 16.3. The van der Waals surface area contributed by atoms with Crippen molar-refractivity contribution in [3.8, 4) is 17.2 Å². The number of amides is 2. The average Bonchev–Trinajstić information content (AvgIpc) is 3.37. The van der Waals surface area contributed by atoms with Crippen LogP contribution in [0.4, 0.5) is 0 Å². The molecule has 1 saturated heterocycles. The van der Waals surface area contributed by atoms with E-state index in [1.54, 1.807) is 18.5 Å². The van der Waals surface area contributed by atoms with Crippen LogP contribution in [0.1, 0.15) is 31.2 Å². The van der Waals surface area contributed by atoms with Crippen molar-refractivity contribution in [3.63, 3.8) is 0 Å². The number of nitrogens with one attached hydrogen (secondary N) is 2.